The number of nitrogens with one attached hydrogen (secondary N) is 1. The summed E-state index contributed by atoms with van der Waals surface area (Å²) in [6.07, 6.45) is 6.34. The summed E-state index contributed by atoms with van der Waals surface area (Å²) in [5.74, 6) is 0.292. The average molecular weight is 138 g/mol. The van der Waals surface area contributed by atoms with E-state index in [2.05, 4.69) is 11.4 Å². The topological polar surface area (TPSA) is 29.1 Å². The maximum atomic E-state index is 11.1. The summed E-state index contributed by atoms with van der Waals surface area (Å²) in [4.78, 5) is 11.1. The third kappa shape index (κ3) is 1.67. The van der Waals surface area contributed by atoms with Gasteiger partial charge in [0.2, 0.25) is 0 Å². The molecule has 0 saturated heterocycles. The van der Waals surface area contributed by atoms with Gasteiger partial charge in [0.25, 0.3) is 0 Å². The molecule has 1 radical (unpaired) electrons. The monoisotopic (exact) mass is 138 g/mol. The van der Waals surface area contributed by atoms with Crippen LogP contribution in [0, 0.1) is 6.08 Å². The Bertz CT molecular complexity index is 151. The van der Waals surface area contributed by atoms with Crippen molar-refractivity contribution in [1.82, 2.24) is 5.32 Å². The first-order chi connectivity index (χ1) is 4.84. The fraction of sp³-hybridized carbons (Fsp3) is 0.625. The van der Waals surface area contributed by atoms with Crippen LogP contribution in [0.3, 0.4) is 0 Å². The molecule has 0 amide bonds. The lowest BCUT2D eigenvalue weighted by Gasteiger charge is -2.16. The van der Waals surface area contributed by atoms with E-state index in [4.69, 9.17) is 0 Å². The molecule has 1 unspecified atom stereocenters. The summed E-state index contributed by atoms with van der Waals surface area (Å²) in [6, 6.07) is 0.0370. The van der Waals surface area contributed by atoms with Gasteiger partial charge in [-0.25, -0.2) is 0 Å². The van der Waals surface area contributed by atoms with Gasteiger partial charge in [-0.05, 0) is 12.5 Å². The molecule has 0 spiro atoms. The van der Waals surface area contributed by atoms with Crippen molar-refractivity contribution >= 4 is 5.78 Å². The average Bonchev–Trinajstić information content (AvgIpc) is 2.05. The zero-order chi connectivity index (χ0) is 7.40. The SMILES string of the molecule is CCC(=O)C1C[C]=CCN1. The molecule has 0 aromatic heterocycles. The Labute approximate surface area is 61.3 Å². The predicted octanol–water partition coefficient (Wildman–Crippen LogP) is 0.687. The number of Topliss-reactive ketones (excluding diaryl/α,β-unsaturated/α-hetero) is 1. The molecule has 0 fully saturated rings. The van der Waals surface area contributed by atoms with E-state index >= 15 is 0 Å². The minimum atomic E-state index is 0.0370. The van der Waals surface area contributed by atoms with Gasteiger partial charge >= 0.3 is 0 Å². The van der Waals surface area contributed by atoms with Crippen molar-refractivity contribution in [1.29, 1.82) is 0 Å². The molecule has 0 aromatic carbocycles. The van der Waals surface area contributed by atoms with Gasteiger partial charge in [-0.3, -0.25) is 4.79 Å². The zero-order valence-corrected chi connectivity index (χ0v) is 6.18. The van der Waals surface area contributed by atoms with E-state index in [9.17, 15) is 4.79 Å². The first-order valence-electron chi connectivity index (χ1n) is 3.65. The number of rotatable bonds is 2. The van der Waals surface area contributed by atoms with E-state index in [-0.39, 0.29) is 6.04 Å². The Morgan fingerprint density at radius 2 is 2.70 bits per heavy atom. The van der Waals surface area contributed by atoms with Crippen LogP contribution in [0.1, 0.15) is 19.8 Å². The fourth-order valence-electron chi connectivity index (χ4n) is 1.02. The Morgan fingerprint density at radius 1 is 1.90 bits per heavy atom. The molecule has 1 atom stereocenters. The van der Waals surface area contributed by atoms with Crippen LogP contribution in [0.2, 0.25) is 0 Å². The normalized spacial score (nSPS) is 24.7. The smallest absolute Gasteiger partial charge is 0.149 e. The molecule has 2 heteroatoms. The maximum Gasteiger partial charge on any atom is 0.149 e. The second-order valence-electron chi connectivity index (χ2n) is 2.39. The van der Waals surface area contributed by atoms with Gasteiger partial charge in [0.1, 0.15) is 5.78 Å². The van der Waals surface area contributed by atoms with Crippen molar-refractivity contribution in [3.05, 3.63) is 12.2 Å². The van der Waals surface area contributed by atoms with Gasteiger partial charge in [-0.2, -0.15) is 0 Å². The van der Waals surface area contributed by atoms with Gasteiger partial charge in [0.05, 0.1) is 6.04 Å². The van der Waals surface area contributed by atoms with Crippen molar-refractivity contribution in [3.63, 3.8) is 0 Å². The summed E-state index contributed by atoms with van der Waals surface area (Å²) in [5, 5.41) is 3.10. The van der Waals surface area contributed by atoms with E-state index < -0.39 is 0 Å². The molecule has 1 heterocycles. The van der Waals surface area contributed by atoms with E-state index in [1.165, 1.54) is 0 Å². The molecule has 0 aliphatic carbocycles. The van der Waals surface area contributed by atoms with Gasteiger partial charge in [0, 0.05) is 13.0 Å². The number of carbonyl (C=O) groups excluding carboxylic acids is 1. The molecule has 0 bridgehead atoms. The van der Waals surface area contributed by atoms with Crippen LogP contribution in [0.5, 0.6) is 0 Å². The Kier molecular flexibility index (Phi) is 2.63. The van der Waals surface area contributed by atoms with Gasteiger partial charge in [-0.1, -0.05) is 13.0 Å². The predicted molar refractivity (Wildman–Crippen MR) is 39.5 cm³/mol. The summed E-state index contributed by atoms with van der Waals surface area (Å²) in [5.41, 5.74) is 0. The maximum absolute atomic E-state index is 11.1. The molecular weight excluding hydrogens is 126 g/mol. The van der Waals surface area contributed by atoms with Crippen LogP contribution in [-0.4, -0.2) is 18.4 Å². The van der Waals surface area contributed by atoms with E-state index in [0.29, 0.717) is 12.2 Å². The molecule has 1 aliphatic rings. The molecular formula is C8H12NO. The fourth-order valence-corrected chi connectivity index (χ4v) is 1.02. The highest BCUT2D eigenvalue weighted by molar-refractivity contribution is 5.83. The van der Waals surface area contributed by atoms with Crippen molar-refractivity contribution in [2.24, 2.45) is 0 Å². The molecule has 1 N–H and O–H groups in total. The first-order valence-corrected chi connectivity index (χ1v) is 3.65. The number of hydrogen-bond donors (Lipinski definition) is 1. The van der Waals surface area contributed by atoms with Crippen LogP contribution in [0.15, 0.2) is 6.08 Å². The minimum Gasteiger partial charge on any atom is -0.304 e. The highest BCUT2D eigenvalue weighted by Gasteiger charge is 2.15. The van der Waals surface area contributed by atoms with Crippen molar-refractivity contribution in [2.45, 2.75) is 25.8 Å². The lowest BCUT2D eigenvalue weighted by atomic mass is 10.0. The quantitative estimate of drug-likeness (QED) is 0.608. The molecule has 1 aliphatic heterocycles. The first kappa shape index (κ1) is 7.48. The van der Waals surface area contributed by atoms with Crippen LogP contribution in [-0.2, 0) is 4.79 Å². The van der Waals surface area contributed by atoms with Crippen LogP contribution in [0.4, 0.5) is 0 Å². The second kappa shape index (κ2) is 3.52. The Hall–Kier alpha value is -0.630. The highest BCUT2D eigenvalue weighted by atomic mass is 16.1. The highest BCUT2D eigenvalue weighted by Crippen LogP contribution is 2.01. The lowest BCUT2D eigenvalue weighted by Crippen LogP contribution is -2.38. The number of ketones is 1. The largest absolute Gasteiger partial charge is 0.304 e. The molecule has 1 rings (SSSR count). The van der Waals surface area contributed by atoms with Crippen LogP contribution in [0.25, 0.3) is 0 Å². The molecule has 10 heavy (non-hydrogen) atoms. The minimum absolute atomic E-state index is 0.0370. The molecule has 55 valence electrons. The standard InChI is InChI=1S/C8H12NO/c1-2-8(10)7-5-3-4-6-9-7/h4,7,9H,2,5-6H2,1H3. The van der Waals surface area contributed by atoms with Gasteiger partial charge < -0.3 is 5.32 Å². The summed E-state index contributed by atoms with van der Waals surface area (Å²) < 4.78 is 0. The van der Waals surface area contributed by atoms with Crippen LogP contribution < -0.4 is 5.32 Å². The third-order valence-electron chi connectivity index (χ3n) is 1.67. The van der Waals surface area contributed by atoms with Crippen LogP contribution >= 0.6 is 0 Å². The number of hydrogen-bond acceptors (Lipinski definition) is 2. The van der Waals surface area contributed by atoms with E-state index in [1.807, 2.05) is 13.0 Å². The third-order valence-corrected chi connectivity index (χ3v) is 1.67. The van der Waals surface area contributed by atoms with Crippen molar-refractivity contribution < 1.29 is 4.79 Å². The summed E-state index contributed by atoms with van der Waals surface area (Å²) >= 11 is 0. The Morgan fingerprint density at radius 3 is 3.20 bits per heavy atom. The second-order valence-corrected chi connectivity index (χ2v) is 2.39. The molecule has 2 nitrogen and oxygen atoms in total. The molecule has 0 saturated carbocycles. The van der Waals surface area contributed by atoms with E-state index in [0.717, 1.165) is 13.0 Å². The summed E-state index contributed by atoms with van der Waals surface area (Å²) in [7, 11) is 0. The Balaban J connectivity index is 2.41. The van der Waals surface area contributed by atoms with Crippen molar-refractivity contribution in [3.8, 4) is 0 Å². The van der Waals surface area contributed by atoms with Crippen molar-refractivity contribution in [2.75, 3.05) is 6.54 Å². The lowest BCUT2D eigenvalue weighted by molar-refractivity contribution is -0.120. The van der Waals surface area contributed by atoms with E-state index in [1.54, 1.807) is 0 Å². The summed E-state index contributed by atoms with van der Waals surface area (Å²) in [6.45, 7) is 2.68. The number of carbonyl (C=O) groups is 1. The van der Waals surface area contributed by atoms with Gasteiger partial charge in [0.15, 0.2) is 0 Å². The van der Waals surface area contributed by atoms with Gasteiger partial charge in [-0.15, -0.1) is 0 Å². The molecule has 0 aromatic rings. The zero-order valence-electron chi connectivity index (χ0n) is 6.18.